The number of nitrogens with one attached hydrogen (secondary N) is 4. The molecule has 14 heteroatoms. The molecule has 0 bridgehead atoms. The van der Waals surface area contributed by atoms with Gasteiger partial charge in [-0.1, -0.05) is 115 Å². The normalized spacial score (nSPS) is 21.5. The zero-order chi connectivity index (χ0) is 48.7. The number of amides is 4. The van der Waals surface area contributed by atoms with E-state index in [0.717, 1.165) is 59.8 Å². The molecule has 9 rings (SSSR count). The highest BCUT2D eigenvalue weighted by atomic mass is 16.5. The molecule has 364 valence electrons. The Hall–Kier alpha value is -6.44. The van der Waals surface area contributed by atoms with Crippen molar-refractivity contribution in [3.05, 3.63) is 95.8 Å². The number of methoxy groups -OCH3 is 2. The first kappa shape index (κ1) is 47.6. The van der Waals surface area contributed by atoms with Crippen LogP contribution in [0.1, 0.15) is 115 Å². The van der Waals surface area contributed by atoms with Crippen LogP contribution in [0.2, 0.25) is 0 Å². The molecule has 4 amide bonds. The van der Waals surface area contributed by atoms with Crippen LogP contribution < -0.4 is 10.6 Å². The number of aromatic nitrogens is 4. The molecule has 2 aliphatic heterocycles. The van der Waals surface area contributed by atoms with E-state index in [-0.39, 0.29) is 47.6 Å². The number of H-pyrrole nitrogens is 2. The van der Waals surface area contributed by atoms with Gasteiger partial charge in [-0.05, 0) is 112 Å². The van der Waals surface area contributed by atoms with Crippen LogP contribution in [-0.2, 0) is 31.9 Å². The minimum absolute atomic E-state index is 0.111. The van der Waals surface area contributed by atoms with Crippen LogP contribution in [0.15, 0.2) is 73.1 Å². The maximum absolute atomic E-state index is 13.9. The highest BCUT2D eigenvalue weighted by Crippen LogP contribution is 2.53. The van der Waals surface area contributed by atoms with E-state index < -0.39 is 24.3 Å². The number of ether oxygens (including phenoxy) is 2. The van der Waals surface area contributed by atoms with Crippen LogP contribution in [0.5, 0.6) is 0 Å². The molecule has 2 aliphatic carbocycles. The number of hydrogen-bond acceptors (Lipinski definition) is 8. The summed E-state index contributed by atoms with van der Waals surface area (Å²) in [7, 11) is 2.61. The zero-order valence-electron chi connectivity index (χ0n) is 41.4. The van der Waals surface area contributed by atoms with Gasteiger partial charge in [0.25, 0.3) is 0 Å². The number of imidazole rings is 2. The van der Waals surface area contributed by atoms with Gasteiger partial charge >= 0.3 is 12.2 Å². The molecule has 5 aromatic rings. The molecule has 3 fully saturated rings. The van der Waals surface area contributed by atoms with Crippen molar-refractivity contribution in [2.75, 3.05) is 27.3 Å². The standard InChI is InChI=1S/C55H68N8O6/c1-31(2)47(60-53(66)68-7)51(64)62-29-33(5)23-45(62)49-56-27-43(58-49)37-15-11-35(12-16-37)39-19-20-40(42-26-55(25-41(39)42)21-9-10-22-55)36-13-17-38(18-14-36)44-28-57-50(59-44)46-24-34(6)30-63(46)52(65)48(32(3)4)61-54(67)69-8/h11-20,27-28,31-34,45-48H,9-10,21-26,29-30H2,1-8H3,(H,56,58)(H,57,59)(H,60,66)(H,61,67)/t33-,34-,45-,46-,47-,48-/m0/s1. The number of alkyl carbamates (subject to hydrolysis) is 2. The minimum atomic E-state index is -0.697. The first-order valence-electron chi connectivity index (χ1n) is 24.9. The van der Waals surface area contributed by atoms with E-state index in [0.29, 0.717) is 18.5 Å². The van der Waals surface area contributed by atoms with Gasteiger partial charge in [-0.3, -0.25) is 9.59 Å². The lowest BCUT2D eigenvalue weighted by Crippen LogP contribution is -2.51. The van der Waals surface area contributed by atoms with Gasteiger partial charge in [0.2, 0.25) is 11.8 Å². The first-order valence-corrected chi connectivity index (χ1v) is 24.9. The number of fused-ring (bicyclic) bond motifs is 1. The molecule has 4 N–H and O–H groups in total. The molecule has 2 saturated heterocycles. The molecule has 14 nitrogen and oxygen atoms in total. The Morgan fingerprint density at radius 1 is 0.609 bits per heavy atom. The Balaban J connectivity index is 0.935. The minimum Gasteiger partial charge on any atom is -0.453 e. The number of nitrogens with zero attached hydrogens (tertiary/aromatic N) is 4. The van der Waals surface area contributed by atoms with Gasteiger partial charge < -0.3 is 39.9 Å². The van der Waals surface area contributed by atoms with Crippen LogP contribution in [0.3, 0.4) is 0 Å². The topological polar surface area (TPSA) is 175 Å². The summed E-state index contributed by atoms with van der Waals surface area (Å²) in [6, 6.07) is 20.3. The fourth-order valence-corrected chi connectivity index (χ4v) is 11.7. The molecular weight excluding hydrogens is 869 g/mol. The lowest BCUT2D eigenvalue weighted by molar-refractivity contribution is -0.136. The summed E-state index contributed by atoms with van der Waals surface area (Å²) in [6.45, 7) is 13.2. The van der Waals surface area contributed by atoms with E-state index in [4.69, 9.17) is 19.4 Å². The number of carbonyl (C=O) groups is 4. The molecule has 6 atom stereocenters. The van der Waals surface area contributed by atoms with Crippen LogP contribution in [0.4, 0.5) is 9.59 Å². The molecule has 2 aromatic heterocycles. The van der Waals surface area contributed by atoms with Gasteiger partial charge in [-0.15, -0.1) is 0 Å². The summed E-state index contributed by atoms with van der Waals surface area (Å²) < 4.78 is 9.66. The summed E-state index contributed by atoms with van der Waals surface area (Å²) >= 11 is 0. The summed E-state index contributed by atoms with van der Waals surface area (Å²) in [6.07, 6.45) is 11.3. The predicted molar refractivity (Wildman–Crippen MR) is 266 cm³/mol. The second-order valence-corrected chi connectivity index (χ2v) is 21.1. The van der Waals surface area contributed by atoms with Gasteiger partial charge in [0.15, 0.2) is 0 Å². The third kappa shape index (κ3) is 9.51. The summed E-state index contributed by atoms with van der Waals surface area (Å²) in [5, 5.41) is 5.49. The van der Waals surface area contributed by atoms with Crippen molar-refractivity contribution in [2.24, 2.45) is 29.1 Å². The van der Waals surface area contributed by atoms with Gasteiger partial charge in [0, 0.05) is 13.1 Å². The van der Waals surface area contributed by atoms with Crippen molar-refractivity contribution < 1.29 is 28.7 Å². The van der Waals surface area contributed by atoms with E-state index in [2.05, 4.69) is 95.1 Å². The van der Waals surface area contributed by atoms with Gasteiger partial charge in [0.1, 0.15) is 23.7 Å². The van der Waals surface area contributed by atoms with E-state index in [1.807, 2.05) is 49.9 Å². The fourth-order valence-electron chi connectivity index (χ4n) is 11.7. The smallest absolute Gasteiger partial charge is 0.407 e. The third-order valence-electron chi connectivity index (χ3n) is 15.4. The van der Waals surface area contributed by atoms with Crippen LogP contribution in [0, 0.1) is 29.1 Å². The lowest BCUT2D eigenvalue weighted by Gasteiger charge is -2.30. The SMILES string of the molecule is COC(=O)N[C@H](C(=O)N1C[C@@H](C)C[C@H]1c1ncc(-c2ccc(-c3ccc(-c4ccc(-c5cnc([C@@H]6C[C@H](C)CN6C(=O)[C@@H](NC(=O)OC)C(C)C)[nH]5)cc4)c4c3CC3(CCCC3)C4)cc2)[nH]1)C(C)C. The largest absolute Gasteiger partial charge is 0.453 e. The maximum Gasteiger partial charge on any atom is 0.407 e. The van der Waals surface area contributed by atoms with Crippen molar-refractivity contribution in [2.45, 2.75) is 117 Å². The molecule has 0 radical (unpaired) electrons. The number of aromatic amines is 2. The Bertz CT molecular complexity index is 2500. The number of benzene rings is 3. The van der Waals surface area contributed by atoms with E-state index in [9.17, 15) is 19.2 Å². The second-order valence-electron chi connectivity index (χ2n) is 21.1. The fraction of sp³-hybridized carbons (Fsp3) is 0.491. The number of hydrogen-bond donors (Lipinski definition) is 4. The molecule has 1 saturated carbocycles. The molecular formula is C55H68N8O6. The quantitative estimate of drug-likeness (QED) is 0.0956. The van der Waals surface area contributed by atoms with Gasteiger partial charge in [0.05, 0.1) is 50.1 Å². The van der Waals surface area contributed by atoms with E-state index >= 15 is 0 Å². The molecule has 1 spiro atoms. The average Bonchev–Trinajstić information content (AvgIpc) is 4.22. The lowest BCUT2D eigenvalue weighted by atomic mass is 9.82. The third-order valence-corrected chi connectivity index (χ3v) is 15.4. The van der Waals surface area contributed by atoms with Crippen molar-refractivity contribution in [3.8, 4) is 44.8 Å². The number of carbonyl (C=O) groups excluding carboxylic acids is 4. The first-order chi connectivity index (χ1) is 33.1. The van der Waals surface area contributed by atoms with Crippen molar-refractivity contribution in [1.82, 2.24) is 40.4 Å². The van der Waals surface area contributed by atoms with Crippen molar-refractivity contribution in [1.29, 1.82) is 0 Å². The summed E-state index contributed by atoms with van der Waals surface area (Å²) in [4.78, 5) is 72.4. The number of likely N-dealkylation sites (tertiary alicyclic amines) is 2. The van der Waals surface area contributed by atoms with Crippen LogP contribution in [-0.4, -0.2) is 93.1 Å². The Kier molecular flexibility index (Phi) is 13.5. The molecule has 0 unspecified atom stereocenters. The second kappa shape index (κ2) is 19.5. The summed E-state index contributed by atoms with van der Waals surface area (Å²) in [5.74, 6) is 1.58. The Morgan fingerprint density at radius 2 is 0.986 bits per heavy atom. The monoisotopic (exact) mass is 937 g/mol. The van der Waals surface area contributed by atoms with Crippen LogP contribution >= 0.6 is 0 Å². The highest BCUT2D eigenvalue weighted by Gasteiger charge is 2.43. The highest BCUT2D eigenvalue weighted by molar-refractivity contribution is 5.87. The van der Waals surface area contributed by atoms with Crippen molar-refractivity contribution >= 4 is 24.0 Å². The zero-order valence-corrected chi connectivity index (χ0v) is 41.4. The number of rotatable bonds is 12. The molecule has 4 aliphatic rings. The molecule has 4 heterocycles. The maximum atomic E-state index is 13.9. The average molecular weight is 937 g/mol. The van der Waals surface area contributed by atoms with Crippen LogP contribution in [0.25, 0.3) is 44.8 Å². The molecule has 3 aromatic carbocycles. The predicted octanol–water partition coefficient (Wildman–Crippen LogP) is 10.0. The Morgan fingerprint density at radius 3 is 1.35 bits per heavy atom. The van der Waals surface area contributed by atoms with Gasteiger partial charge in [-0.25, -0.2) is 19.6 Å². The van der Waals surface area contributed by atoms with E-state index in [1.165, 1.54) is 73.3 Å². The van der Waals surface area contributed by atoms with Gasteiger partial charge in [-0.2, -0.15) is 0 Å². The van der Waals surface area contributed by atoms with E-state index in [1.54, 1.807) is 0 Å². The summed E-state index contributed by atoms with van der Waals surface area (Å²) in [5.41, 5.74) is 12.0. The molecule has 69 heavy (non-hydrogen) atoms. The Labute approximate surface area is 405 Å². The van der Waals surface area contributed by atoms with Crippen molar-refractivity contribution in [3.63, 3.8) is 0 Å².